The van der Waals surface area contributed by atoms with Crippen molar-refractivity contribution in [2.75, 3.05) is 0 Å². The van der Waals surface area contributed by atoms with Crippen LogP contribution in [0.25, 0.3) is 100.0 Å². The monoisotopic (exact) mass is 653 g/mol. The second-order valence-electron chi connectivity index (χ2n) is 12.8. The molecular weight excluding hydrogens is 627 g/mol. The van der Waals surface area contributed by atoms with E-state index in [-0.39, 0.29) is 0 Å². The molecule has 11 aromatic rings. The van der Waals surface area contributed by atoms with Crippen LogP contribution in [0.2, 0.25) is 0 Å². The largest absolute Gasteiger partial charge is 0.455 e. The summed E-state index contributed by atoms with van der Waals surface area (Å²) >= 11 is 0. The summed E-state index contributed by atoms with van der Waals surface area (Å²) < 4.78 is 11.0. The molecule has 0 amide bonds. The number of benzene rings is 7. The van der Waals surface area contributed by atoms with E-state index in [0.717, 1.165) is 71.6 Å². The zero-order chi connectivity index (χ0) is 33.5. The van der Waals surface area contributed by atoms with Gasteiger partial charge in [0.05, 0.1) is 27.6 Å². The predicted octanol–water partition coefficient (Wildman–Crippen LogP) is 11.3. The molecule has 7 aromatic carbocycles. The van der Waals surface area contributed by atoms with Crippen LogP contribution in [0.5, 0.6) is 0 Å². The average Bonchev–Trinajstić information content (AvgIpc) is 3.86. The summed E-state index contributed by atoms with van der Waals surface area (Å²) in [4.78, 5) is 15.6. The van der Waals surface area contributed by atoms with Gasteiger partial charge in [0, 0.05) is 43.6 Å². The lowest BCUT2D eigenvalue weighted by molar-refractivity contribution is 0.669. The standard InChI is InChI=1S/C45H27N5O/c1-3-14-28(15-4-1)43-46-44(34-22-13-21-31-30-18-9-12-25-39(30)51-42(31)34)48-45(47-43)50-36-24-11-8-20-33(36)41-38(50)27-26-37-40(41)32-19-7-10-23-35(32)49(37)29-16-5-2-6-17-29/h1-27H. The third kappa shape index (κ3) is 4.07. The maximum Gasteiger partial charge on any atom is 0.238 e. The molecule has 11 rings (SSSR count). The van der Waals surface area contributed by atoms with E-state index in [0.29, 0.717) is 17.6 Å². The van der Waals surface area contributed by atoms with Crippen LogP contribution in [0.4, 0.5) is 0 Å². The average molecular weight is 654 g/mol. The van der Waals surface area contributed by atoms with Crippen LogP contribution in [0.15, 0.2) is 168 Å². The molecule has 0 saturated heterocycles. The molecule has 51 heavy (non-hydrogen) atoms. The number of fused-ring (bicyclic) bond motifs is 10. The number of aromatic nitrogens is 5. The molecule has 0 unspecified atom stereocenters. The lowest BCUT2D eigenvalue weighted by Crippen LogP contribution is -2.06. The molecule has 0 aliphatic heterocycles. The minimum atomic E-state index is 0.546. The molecule has 0 atom stereocenters. The van der Waals surface area contributed by atoms with Gasteiger partial charge in [-0.25, -0.2) is 4.98 Å². The van der Waals surface area contributed by atoms with Gasteiger partial charge in [-0.2, -0.15) is 9.97 Å². The van der Waals surface area contributed by atoms with Crippen molar-refractivity contribution >= 4 is 65.6 Å². The summed E-state index contributed by atoms with van der Waals surface area (Å²) in [5, 5.41) is 6.79. The highest BCUT2D eigenvalue weighted by Gasteiger charge is 2.23. The van der Waals surface area contributed by atoms with Crippen molar-refractivity contribution in [3.05, 3.63) is 164 Å². The third-order valence-electron chi connectivity index (χ3n) is 9.99. The van der Waals surface area contributed by atoms with Crippen LogP contribution in [0.1, 0.15) is 0 Å². The molecule has 0 bridgehead atoms. The first-order valence-electron chi connectivity index (χ1n) is 17.0. The van der Waals surface area contributed by atoms with Crippen molar-refractivity contribution in [1.29, 1.82) is 0 Å². The molecule has 0 spiro atoms. The molecule has 4 aromatic heterocycles. The number of furan rings is 1. The predicted molar refractivity (Wildman–Crippen MR) is 207 cm³/mol. The van der Waals surface area contributed by atoms with Gasteiger partial charge in [-0.3, -0.25) is 4.57 Å². The Hall–Kier alpha value is -7.05. The zero-order valence-electron chi connectivity index (χ0n) is 27.2. The molecule has 4 heterocycles. The van der Waals surface area contributed by atoms with Gasteiger partial charge in [0.2, 0.25) is 5.95 Å². The summed E-state index contributed by atoms with van der Waals surface area (Å²) in [6.07, 6.45) is 0. The Morgan fingerprint density at radius 3 is 1.71 bits per heavy atom. The normalized spacial score (nSPS) is 11.9. The summed E-state index contributed by atoms with van der Waals surface area (Å²) in [5.41, 5.74) is 8.80. The SMILES string of the molecule is c1ccc(-c2nc(-c3cccc4c3oc3ccccc34)nc(-n3c4ccccc4c4c5c6ccccc6n(-c6ccccc6)c5ccc43)n2)cc1. The highest BCUT2D eigenvalue weighted by atomic mass is 16.3. The molecular formula is C45H27N5O. The molecule has 238 valence electrons. The van der Waals surface area contributed by atoms with Gasteiger partial charge in [-0.05, 0) is 48.5 Å². The molecule has 0 saturated carbocycles. The van der Waals surface area contributed by atoms with Crippen LogP contribution < -0.4 is 0 Å². The Bertz CT molecular complexity index is 3140. The highest BCUT2D eigenvalue weighted by molar-refractivity contribution is 6.28. The lowest BCUT2D eigenvalue weighted by atomic mass is 10.1. The van der Waals surface area contributed by atoms with Crippen LogP contribution in [-0.4, -0.2) is 24.1 Å². The minimum absolute atomic E-state index is 0.546. The Morgan fingerprint density at radius 2 is 0.961 bits per heavy atom. The quantitative estimate of drug-likeness (QED) is 0.190. The maximum absolute atomic E-state index is 6.47. The molecule has 6 nitrogen and oxygen atoms in total. The van der Waals surface area contributed by atoms with Crippen molar-refractivity contribution in [3.8, 4) is 34.4 Å². The number of rotatable bonds is 4. The first-order valence-corrected chi connectivity index (χ1v) is 17.0. The van der Waals surface area contributed by atoms with Gasteiger partial charge in [-0.1, -0.05) is 115 Å². The van der Waals surface area contributed by atoms with E-state index in [1.54, 1.807) is 0 Å². The van der Waals surface area contributed by atoms with Crippen molar-refractivity contribution in [2.24, 2.45) is 0 Å². The van der Waals surface area contributed by atoms with Gasteiger partial charge in [0.15, 0.2) is 11.6 Å². The second-order valence-corrected chi connectivity index (χ2v) is 12.8. The topological polar surface area (TPSA) is 61.7 Å². The van der Waals surface area contributed by atoms with E-state index in [1.807, 2.05) is 60.7 Å². The molecule has 0 aliphatic carbocycles. The van der Waals surface area contributed by atoms with Gasteiger partial charge in [0.1, 0.15) is 11.2 Å². The first kappa shape index (κ1) is 27.9. The van der Waals surface area contributed by atoms with Crippen molar-refractivity contribution in [1.82, 2.24) is 24.1 Å². The van der Waals surface area contributed by atoms with Crippen LogP contribution in [0.3, 0.4) is 0 Å². The summed E-state index contributed by atoms with van der Waals surface area (Å²) in [7, 11) is 0. The highest BCUT2D eigenvalue weighted by Crippen LogP contribution is 2.42. The van der Waals surface area contributed by atoms with Gasteiger partial charge in [-0.15, -0.1) is 0 Å². The van der Waals surface area contributed by atoms with Crippen LogP contribution in [-0.2, 0) is 0 Å². The maximum atomic E-state index is 6.47. The van der Waals surface area contributed by atoms with Crippen molar-refractivity contribution in [3.63, 3.8) is 0 Å². The Kier molecular flexibility index (Phi) is 5.86. The van der Waals surface area contributed by atoms with E-state index in [4.69, 9.17) is 19.4 Å². The minimum Gasteiger partial charge on any atom is -0.455 e. The van der Waals surface area contributed by atoms with Gasteiger partial charge < -0.3 is 8.98 Å². The summed E-state index contributed by atoms with van der Waals surface area (Å²) in [6.45, 7) is 0. The lowest BCUT2D eigenvalue weighted by Gasteiger charge is -2.11. The molecule has 0 fully saturated rings. The van der Waals surface area contributed by atoms with Crippen LogP contribution in [0, 0.1) is 0 Å². The fraction of sp³-hybridized carbons (Fsp3) is 0. The summed E-state index contributed by atoms with van der Waals surface area (Å²) in [6, 6.07) is 56.6. The fourth-order valence-electron chi connectivity index (χ4n) is 7.81. The smallest absolute Gasteiger partial charge is 0.238 e. The van der Waals surface area contributed by atoms with E-state index in [2.05, 4.69) is 112 Å². The molecule has 0 aliphatic rings. The molecule has 0 N–H and O–H groups in total. The number of hydrogen-bond acceptors (Lipinski definition) is 4. The van der Waals surface area contributed by atoms with Crippen molar-refractivity contribution < 1.29 is 4.42 Å². The van der Waals surface area contributed by atoms with E-state index in [1.165, 1.54) is 10.8 Å². The fourth-order valence-corrected chi connectivity index (χ4v) is 7.81. The Labute approximate surface area is 291 Å². The number of para-hydroxylation sites is 5. The van der Waals surface area contributed by atoms with Gasteiger partial charge >= 0.3 is 0 Å². The number of nitrogens with zero attached hydrogens (tertiary/aromatic N) is 5. The Balaban J connectivity index is 1.25. The third-order valence-corrected chi connectivity index (χ3v) is 9.99. The van der Waals surface area contributed by atoms with Crippen molar-refractivity contribution in [2.45, 2.75) is 0 Å². The van der Waals surface area contributed by atoms with E-state index >= 15 is 0 Å². The summed E-state index contributed by atoms with van der Waals surface area (Å²) in [5.74, 6) is 1.69. The van der Waals surface area contributed by atoms with E-state index in [9.17, 15) is 0 Å². The number of hydrogen-bond donors (Lipinski definition) is 0. The van der Waals surface area contributed by atoms with Crippen LogP contribution >= 0.6 is 0 Å². The zero-order valence-corrected chi connectivity index (χ0v) is 27.2. The van der Waals surface area contributed by atoms with E-state index < -0.39 is 0 Å². The molecule has 6 heteroatoms. The Morgan fingerprint density at radius 1 is 0.392 bits per heavy atom. The molecule has 0 radical (unpaired) electrons. The first-order chi connectivity index (χ1) is 25.3. The second kappa shape index (κ2) is 10.7. The van der Waals surface area contributed by atoms with Gasteiger partial charge in [0.25, 0.3) is 0 Å².